The average molecular weight is 293 g/mol. The lowest BCUT2D eigenvalue weighted by atomic mass is 9.91. The van der Waals surface area contributed by atoms with Gasteiger partial charge in [-0.25, -0.2) is 0 Å². The van der Waals surface area contributed by atoms with E-state index in [1.54, 1.807) is 18.1 Å². The lowest BCUT2D eigenvalue weighted by Crippen LogP contribution is -2.47. The lowest BCUT2D eigenvalue weighted by Gasteiger charge is -2.37. The summed E-state index contributed by atoms with van der Waals surface area (Å²) >= 11 is 0. The Morgan fingerprint density at radius 1 is 1.38 bits per heavy atom. The van der Waals surface area contributed by atoms with Crippen molar-refractivity contribution >= 4 is 5.91 Å². The summed E-state index contributed by atoms with van der Waals surface area (Å²) in [6, 6.07) is 5.85. The molecule has 1 amide bonds. The second kappa shape index (κ2) is 7.31. The summed E-state index contributed by atoms with van der Waals surface area (Å²) in [6.45, 7) is 2.29. The van der Waals surface area contributed by atoms with Crippen LogP contribution in [0.5, 0.6) is 11.5 Å². The van der Waals surface area contributed by atoms with Crippen LogP contribution in [0.25, 0.3) is 0 Å². The Bertz CT molecular complexity index is 485. The number of methoxy groups -OCH3 is 1. The minimum Gasteiger partial charge on any atom is -0.493 e. The monoisotopic (exact) mass is 293 g/mol. The summed E-state index contributed by atoms with van der Waals surface area (Å²) in [7, 11) is 1.58. The maximum Gasteiger partial charge on any atom is 0.260 e. The number of nitrogens with zero attached hydrogens (tertiary/aromatic N) is 1. The van der Waals surface area contributed by atoms with Gasteiger partial charge in [-0.2, -0.15) is 0 Å². The molecule has 1 saturated carbocycles. The van der Waals surface area contributed by atoms with Gasteiger partial charge in [-0.1, -0.05) is 6.07 Å². The van der Waals surface area contributed by atoms with Gasteiger partial charge < -0.3 is 19.5 Å². The highest BCUT2D eigenvalue weighted by molar-refractivity contribution is 5.78. The van der Waals surface area contributed by atoms with E-state index < -0.39 is 0 Å². The summed E-state index contributed by atoms with van der Waals surface area (Å²) in [4.78, 5) is 14.0. The van der Waals surface area contributed by atoms with Crippen LogP contribution in [0, 0.1) is 6.92 Å². The molecule has 0 bridgehead atoms. The number of aliphatic hydroxyl groups excluding tert-OH is 1. The van der Waals surface area contributed by atoms with Crippen molar-refractivity contribution in [1.82, 2.24) is 4.90 Å². The van der Waals surface area contributed by atoms with Crippen LogP contribution in [0.2, 0.25) is 0 Å². The van der Waals surface area contributed by atoms with E-state index in [1.807, 2.05) is 19.1 Å². The Morgan fingerprint density at radius 3 is 2.71 bits per heavy atom. The fraction of sp³-hybridized carbons (Fsp3) is 0.562. The van der Waals surface area contributed by atoms with Gasteiger partial charge in [0.05, 0.1) is 13.7 Å². The van der Waals surface area contributed by atoms with E-state index in [2.05, 4.69) is 0 Å². The first-order chi connectivity index (χ1) is 10.2. The largest absolute Gasteiger partial charge is 0.493 e. The summed E-state index contributed by atoms with van der Waals surface area (Å²) in [5.41, 5.74) is 1.07. The summed E-state index contributed by atoms with van der Waals surface area (Å²) in [5.74, 6) is 1.10. The van der Waals surface area contributed by atoms with Crippen molar-refractivity contribution in [3.05, 3.63) is 23.8 Å². The van der Waals surface area contributed by atoms with Crippen molar-refractivity contribution < 1.29 is 19.4 Å². The molecule has 0 heterocycles. The van der Waals surface area contributed by atoms with E-state index in [4.69, 9.17) is 14.6 Å². The van der Waals surface area contributed by atoms with Crippen LogP contribution in [0.1, 0.15) is 24.8 Å². The second-order valence-electron chi connectivity index (χ2n) is 5.34. The third-order valence-electron chi connectivity index (χ3n) is 3.85. The zero-order chi connectivity index (χ0) is 15.2. The van der Waals surface area contributed by atoms with Gasteiger partial charge in [0.1, 0.15) is 0 Å². The third kappa shape index (κ3) is 3.88. The molecule has 0 atom stereocenters. The molecule has 116 valence electrons. The molecule has 1 fully saturated rings. The fourth-order valence-corrected chi connectivity index (χ4v) is 2.43. The quantitative estimate of drug-likeness (QED) is 0.832. The molecule has 5 nitrogen and oxygen atoms in total. The standard InChI is InChI=1S/C16H23NO4/c1-12-6-7-14(15(10-12)20-2)21-11-16(19)17(8-9-18)13-4-3-5-13/h6-7,10,13,18H,3-5,8-9,11H2,1-2H3. The summed E-state index contributed by atoms with van der Waals surface area (Å²) in [6.07, 6.45) is 3.17. The van der Waals surface area contributed by atoms with Gasteiger partial charge >= 0.3 is 0 Å². The molecular formula is C16H23NO4. The lowest BCUT2D eigenvalue weighted by molar-refractivity contribution is -0.138. The molecule has 0 saturated heterocycles. The topological polar surface area (TPSA) is 59.0 Å². The first-order valence-electron chi connectivity index (χ1n) is 7.33. The fourth-order valence-electron chi connectivity index (χ4n) is 2.43. The van der Waals surface area contributed by atoms with E-state index in [9.17, 15) is 4.79 Å². The van der Waals surface area contributed by atoms with E-state index in [0.717, 1.165) is 24.8 Å². The van der Waals surface area contributed by atoms with E-state index in [1.165, 1.54) is 0 Å². The van der Waals surface area contributed by atoms with Crippen molar-refractivity contribution in [2.45, 2.75) is 32.2 Å². The van der Waals surface area contributed by atoms with Gasteiger partial charge in [0.25, 0.3) is 5.91 Å². The number of carbonyl (C=O) groups is 1. The Balaban J connectivity index is 1.96. The van der Waals surface area contributed by atoms with E-state index in [-0.39, 0.29) is 25.2 Å². The molecule has 1 aliphatic rings. The summed E-state index contributed by atoms with van der Waals surface area (Å²) in [5, 5.41) is 9.10. The van der Waals surface area contributed by atoms with Gasteiger partial charge in [-0.3, -0.25) is 4.79 Å². The number of benzene rings is 1. The van der Waals surface area contributed by atoms with Crippen LogP contribution in [0.15, 0.2) is 18.2 Å². The van der Waals surface area contributed by atoms with E-state index >= 15 is 0 Å². The first kappa shape index (κ1) is 15.6. The molecule has 0 aliphatic heterocycles. The highest BCUT2D eigenvalue weighted by atomic mass is 16.5. The number of hydrogen-bond acceptors (Lipinski definition) is 4. The molecule has 1 aliphatic carbocycles. The minimum atomic E-state index is -0.0867. The number of amides is 1. The van der Waals surface area contributed by atoms with Crippen molar-refractivity contribution in [1.29, 1.82) is 0 Å². The number of aliphatic hydroxyl groups is 1. The number of hydrogen-bond donors (Lipinski definition) is 1. The Kier molecular flexibility index (Phi) is 5.44. The molecule has 2 rings (SSSR count). The Hall–Kier alpha value is -1.75. The van der Waals surface area contributed by atoms with Crippen LogP contribution in [-0.2, 0) is 4.79 Å². The highest BCUT2D eigenvalue weighted by Gasteiger charge is 2.28. The molecule has 0 aromatic heterocycles. The molecule has 0 radical (unpaired) electrons. The predicted octanol–water partition coefficient (Wildman–Crippen LogP) is 1.76. The number of ether oxygens (including phenoxy) is 2. The van der Waals surface area contributed by atoms with Crippen molar-refractivity contribution in [2.75, 3.05) is 26.9 Å². The number of rotatable bonds is 7. The second-order valence-corrected chi connectivity index (χ2v) is 5.34. The first-order valence-corrected chi connectivity index (χ1v) is 7.33. The Labute approximate surface area is 125 Å². The van der Waals surface area contributed by atoms with Crippen LogP contribution < -0.4 is 9.47 Å². The van der Waals surface area contributed by atoms with Crippen LogP contribution in [0.4, 0.5) is 0 Å². The normalized spacial score (nSPS) is 14.4. The van der Waals surface area contributed by atoms with Gasteiger partial charge in [-0.05, 0) is 43.9 Å². The molecular weight excluding hydrogens is 270 g/mol. The van der Waals surface area contributed by atoms with Gasteiger partial charge in [-0.15, -0.1) is 0 Å². The van der Waals surface area contributed by atoms with Crippen molar-refractivity contribution in [2.24, 2.45) is 0 Å². The zero-order valence-corrected chi connectivity index (χ0v) is 12.7. The Morgan fingerprint density at radius 2 is 2.14 bits per heavy atom. The number of carbonyl (C=O) groups excluding carboxylic acids is 1. The number of aryl methyl sites for hydroxylation is 1. The van der Waals surface area contributed by atoms with Crippen molar-refractivity contribution in [3.8, 4) is 11.5 Å². The molecule has 1 aromatic carbocycles. The van der Waals surface area contributed by atoms with Gasteiger partial charge in [0, 0.05) is 12.6 Å². The molecule has 1 aromatic rings. The summed E-state index contributed by atoms with van der Waals surface area (Å²) < 4.78 is 10.8. The molecule has 1 N–H and O–H groups in total. The molecule has 0 unspecified atom stereocenters. The van der Waals surface area contributed by atoms with E-state index in [0.29, 0.717) is 18.0 Å². The average Bonchev–Trinajstić information content (AvgIpc) is 2.43. The predicted molar refractivity (Wildman–Crippen MR) is 79.7 cm³/mol. The van der Waals surface area contributed by atoms with Crippen molar-refractivity contribution in [3.63, 3.8) is 0 Å². The molecule has 0 spiro atoms. The minimum absolute atomic E-state index is 0.0178. The van der Waals surface area contributed by atoms with Crippen LogP contribution in [0.3, 0.4) is 0 Å². The maximum atomic E-state index is 12.3. The van der Waals surface area contributed by atoms with Gasteiger partial charge in [0.15, 0.2) is 18.1 Å². The smallest absolute Gasteiger partial charge is 0.260 e. The van der Waals surface area contributed by atoms with Crippen LogP contribution in [-0.4, -0.2) is 48.8 Å². The van der Waals surface area contributed by atoms with Gasteiger partial charge in [0.2, 0.25) is 0 Å². The zero-order valence-electron chi connectivity index (χ0n) is 12.7. The highest BCUT2D eigenvalue weighted by Crippen LogP contribution is 2.28. The third-order valence-corrected chi connectivity index (χ3v) is 3.85. The SMILES string of the molecule is COc1cc(C)ccc1OCC(=O)N(CCO)C1CCC1. The molecule has 5 heteroatoms. The maximum absolute atomic E-state index is 12.3. The molecule has 21 heavy (non-hydrogen) atoms. The van der Waals surface area contributed by atoms with Crippen LogP contribution >= 0.6 is 0 Å².